The Balaban J connectivity index is 1.42. The Kier molecular flexibility index (Phi) is 4.35. The lowest BCUT2D eigenvalue weighted by molar-refractivity contribution is -0.956. The Morgan fingerprint density at radius 2 is 1.75 bits per heavy atom. The lowest BCUT2D eigenvalue weighted by Crippen LogP contribution is -2.59. The molecule has 24 heavy (non-hydrogen) atoms. The van der Waals surface area contributed by atoms with Gasteiger partial charge in [0.1, 0.15) is 12.0 Å². The highest BCUT2D eigenvalue weighted by Crippen LogP contribution is 2.46. The molecular formula is C20H28NO3+. The molecule has 4 heteroatoms. The summed E-state index contributed by atoms with van der Waals surface area (Å²) in [5.41, 5.74) is 0.840. The van der Waals surface area contributed by atoms with Crippen molar-refractivity contribution < 1.29 is 19.1 Å². The van der Waals surface area contributed by atoms with E-state index in [4.69, 9.17) is 4.74 Å². The van der Waals surface area contributed by atoms with Crippen molar-refractivity contribution in [1.82, 2.24) is 0 Å². The molecule has 1 aromatic carbocycles. The quantitative estimate of drug-likeness (QED) is 0.682. The molecule has 0 amide bonds. The Morgan fingerprint density at radius 1 is 1.12 bits per heavy atom. The number of ether oxygens (including phenoxy) is 1. The molecule has 0 aromatic heterocycles. The molecule has 0 saturated carbocycles. The van der Waals surface area contributed by atoms with Crippen LogP contribution in [0, 0.1) is 0 Å². The maximum Gasteiger partial charge on any atom is 0.316 e. The number of hydrogen-bond acceptors (Lipinski definition) is 3. The standard InChI is InChI=1S/C20H28NO3/c22-14-19(15-6-2-1-3-7-15)20(23)24-18-12-16-8-9-17(13-18)21(16)10-4-5-11-21/h1-3,6-7,16-19,22H,4-5,8-14H2/q+1. The molecule has 1 N–H and O–H groups in total. The number of aliphatic hydroxyl groups excluding tert-OH is 1. The highest BCUT2D eigenvalue weighted by molar-refractivity contribution is 5.78. The van der Waals surface area contributed by atoms with Gasteiger partial charge in [-0.3, -0.25) is 4.79 Å². The first-order valence-corrected chi connectivity index (χ1v) is 9.45. The van der Waals surface area contributed by atoms with E-state index in [-0.39, 0.29) is 18.7 Å². The van der Waals surface area contributed by atoms with Crippen LogP contribution in [-0.2, 0) is 9.53 Å². The normalized spacial score (nSPS) is 32.0. The van der Waals surface area contributed by atoms with Crippen molar-refractivity contribution in [3.05, 3.63) is 35.9 Å². The van der Waals surface area contributed by atoms with Gasteiger partial charge >= 0.3 is 5.97 Å². The number of hydrogen-bond donors (Lipinski definition) is 1. The van der Waals surface area contributed by atoms with E-state index in [1.54, 1.807) is 0 Å². The molecule has 3 aliphatic rings. The van der Waals surface area contributed by atoms with Gasteiger partial charge in [0, 0.05) is 38.5 Å². The number of rotatable bonds is 4. The molecule has 3 unspecified atom stereocenters. The lowest BCUT2D eigenvalue weighted by Gasteiger charge is -2.47. The van der Waals surface area contributed by atoms with Crippen molar-refractivity contribution in [3.8, 4) is 0 Å². The molecule has 130 valence electrons. The molecule has 3 saturated heterocycles. The molecule has 1 aromatic rings. The molecule has 1 spiro atoms. The van der Waals surface area contributed by atoms with Crippen LogP contribution in [0.1, 0.15) is 50.0 Å². The fourth-order valence-electron chi connectivity index (χ4n) is 5.55. The summed E-state index contributed by atoms with van der Waals surface area (Å²) in [6.45, 7) is 2.47. The second kappa shape index (κ2) is 6.49. The van der Waals surface area contributed by atoms with E-state index in [0.717, 1.165) is 18.4 Å². The molecular weight excluding hydrogens is 302 g/mol. The number of esters is 1. The number of nitrogens with zero attached hydrogens (tertiary/aromatic N) is 1. The van der Waals surface area contributed by atoms with E-state index in [1.165, 1.54) is 43.3 Å². The van der Waals surface area contributed by atoms with Crippen LogP contribution in [0.5, 0.6) is 0 Å². The van der Waals surface area contributed by atoms with Crippen molar-refractivity contribution in [3.63, 3.8) is 0 Å². The van der Waals surface area contributed by atoms with Crippen LogP contribution in [0.25, 0.3) is 0 Å². The monoisotopic (exact) mass is 330 g/mol. The summed E-state index contributed by atoms with van der Waals surface area (Å²) in [4.78, 5) is 12.6. The van der Waals surface area contributed by atoms with Crippen molar-refractivity contribution in [2.45, 2.75) is 62.6 Å². The summed E-state index contributed by atoms with van der Waals surface area (Å²) in [6, 6.07) is 10.9. The SMILES string of the molecule is O=C(OC1CC2CCC(C1)[N+]21CCCC1)C(CO)c1ccccc1. The highest BCUT2D eigenvalue weighted by Gasteiger charge is 2.55. The Bertz CT molecular complexity index is 566. The fraction of sp³-hybridized carbons (Fsp3) is 0.650. The number of carbonyl (C=O) groups is 1. The predicted octanol–water partition coefficient (Wildman–Crippen LogP) is 2.61. The van der Waals surface area contributed by atoms with E-state index in [0.29, 0.717) is 12.1 Å². The summed E-state index contributed by atoms with van der Waals surface area (Å²) in [7, 11) is 0. The molecule has 3 heterocycles. The van der Waals surface area contributed by atoms with E-state index in [1.807, 2.05) is 30.3 Å². The second-order valence-corrected chi connectivity index (χ2v) is 7.82. The van der Waals surface area contributed by atoms with Gasteiger partial charge in [-0.25, -0.2) is 0 Å². The predicted molar refractivity (Wildman–Crippen MR) is 91.4 cm³/mol. The minimum Gasteiger partial charge on any atom is -0.461 e. The third-order valence-corrected chi connectivity index (χ3v) is 6.71. The van der Waals surface area contributed by atoms with Gasteiger partial charge in [-0.05, 0) is 5.56 Å². The Morgan fingerprint density at radius 3 is 2.33 bits per heavy atom. The first kappa shape index (κ1) is 16.1. The van der Waals surface area contributed by atoms with Gasteiger partial charge in [0.25, 0.3) is 0 Å². The number of benzene rings is 1. The van der Waals surface area contributed by atoms with Crippen molar-refractivity contribution >= 4 is 5.97 Å². The lowest BCUT2D eigenvalue weighted by atomic mass is 9.95. The van der Waals surface area contributed by atoms with Crippen LogP contribution >= 0.6 is 0 Å². The van der Waals surface area contributed by atoms with E-state index in [2.05, 4.69) is 0 Å². The first-order chi connectivity index (χ1) is 11.7. The van der Waals surface area contributed by atoms with Crippen LogP contribution in [0.4, 0.5) is 0 Å². The molecule has 3 aliphatic heterocycles. The molecule has 3 fully saturated rings. The maximum atomic E-state index is 12.6. The third kappa shape index (κ3) is 2.66. The minimum atomic E-state index is -0.555. The van der Waals surface area contributed by atoms with Crippen LogP contribution in [0.2, 0.25) is 0 Å². The summed E-state index contributed by atoms with van der Waals surface area (Å²) in [5.74, 6) is -0.816. The second-order valence-electron chi connectivity index (χ2n) is 7.82. The molecule has 4 rings (SSSR count). The Hall–Kier alpha value is -1.39. The molecule has 0 aliphatic carbocycles. The fourth-order valence-corrected chi connectivity index (χ4v) is 5.55. The first-order valence-electron chi connectivity index (χ1n) is 9.45. The van der Waals surface area contributed by atoms with Gasteiger partial charge in [0.2, 0.25) is 0 Å². The summed E-state index contributed by atoms with van der Waals surface area (Å²) >= 11 is 0. The van der Waals surface area contributed by atoms with Gasteiger partial charge < -0.3 is 14.3 Å². The maximum absolute atomic E-state index is 12.6. The number of piperidine rings is 1. The number of quaternary nitrogens is 1. The summed E-state index contributed by atoms with van der Waals surface area (Å²) in [5, 5.41) is 9.66. The topological polar surface area (TPSA) is 46.5 Å². The largest absolute Gasteiger partial charge is 0.461 e. The third-order valence-electron chi connectivity index (χ3n) is 6.71. The van der Waals surface area contributed by atoms with Gasteiger partial charge in [0.15, 0.2) is 0 Å². The van der Waals surface area contributed by atoms with E-state index < -0.39 is 5.92 Å². The number of carbonyl (C=O) groups excluding carboxylic acids is 1. The number of aliphatic hydroxyl groups is 1. The van der Waals surface area contributed by atoms with Crippen LogP contribution in [-0.4, -0.2) is 53.4 Å². The smallest absolute Gasteiger partial charge is 0.316 e. The molecule has 3 atom stereocenters. The van der Waals surface area contributed by atoms with E-state index >= 15 is 0 Å². The molecule has 4 nitrogen and oxygen atoms in total. The zero-order valence-corrected chi connectivity index (χ0v) is 14.3. The van der Waals surface area contributed by atoms with Crippen molar-refractivity contribution in [2.75, 3.05) is 19.7 Å². The minimum absolute atomic E-state index is 0.0390. The zero-order chi connectivity index (χ0) is 16.6. The summed E-state index contributed by atoms with van der Waals surface area (Å²) < 4.78 is 7.19. The van der Waals surface area contributed by atoms with Crippen molar-refractivity contribution in [1.29, 1.82) is 0 Å². The zero-order valence-electron chi connectivity index (χ0n) is 14.3. The summed E-state index contributed by atoms with van der Waals surface area (Å²) in [6.07, 6.45) is 7.36. The van der Waals surface area contributed by atoms with Gasteiger partial charge in [0.05, 0.1) is 31.8 Å². The van der Waals surface area contributed by atoms with Crippen LogP contribution in [0.3, 0.4) is 0 Å². The highest BCUT2D eigenvalue weighted by atomic mass is 16.5. The van der Waals surface area contributed by atoms with Crippen LogP contribution < -0.4 is 0 Å². The van der Waals surface area contributed by atoms with Gasteiger partial charge in [-0.15, -0.1) is 0 Å². The molecule has 2 bridgehead atoms. The van der Waals surface area contributed by atoms with Gasteiger partial charge in [-0.1, -0.05) is 30.3 Å². The van der Waals surface area contributed by atoms with Crippen LogP contribution in [0.15, 0.2) is 30.3 Å². The van der Waals surface area contributed by atoms with Gasteiger partial charge in [-0.2, -0.15) is 0 Å². The average molecular weight is 330 g/mol. The molecule has 0 radical (unpaired) electrons. The average Bonchev–Trinajstić information content (AvgIpc) is 3.13. The van der Waals surface area contributed by atoms with Crippen molar-refractivity contribution in [2.24, 2.45) is 0 Å². The van der Waals surface area contributed by atoms with E-state index in [9.17, 15) is 9.90 Å². The Labute approximate surface area is 144 Å².